The van der Waals surface area contributed by atoms with Gasteiger partial charge in [-0.1, -0.05) is 29.8 Å². The highest BCUT2D eigenvalue weighted by Crippen LogP contribution is 2.25. The van der Waals surface area contributed by atoms with Gasteiger partial charge in [-0.2, -0.15) is 0 Å². The molecule has 1 fully saturated rings. The minimum Gasteiger partial charge on any atom is -0.492 e. The molecule has 30 heavy (non-hydrogen) atoms. The van der Waals surface area contributed by atoms with Crippen molar-refractivity contribution in [3.05, 3.63) is 53.2 Å². The first kappa shape index (κ1) is 22.2. The van der Waals surface area contributed by atoms with E-state index in [4.69, 9.17) is 16.3 Å². The highest BCUT2D eigenvalue weighted by atomic mass is 35.5. The second-order valence-electron chi connectivity index (χ2n) is 7.57. The number of nitrogens with zero attached hydrogens (tertiary/aromatic N) is 4. The molecule has 0 amide bonds. The number of aliphatic imine (C=N–C) groups is 1. The lowest BCUT2D eigenvalue weighted by atomic mass is 10.2. The molecule has 1 aromatic carbocycles. The van der Waals surface area contributed by atoms with E-state index in [0.29, 0.717) is 18.2 Å². The Balaban J connectivity index is 1.52. The van der Waals surface area contributed by atoms with Gasteiger partial charge in [0.05, 0.1) is 5.02 Å². The molecule has 162 valence electrons. The zero-order valence-electron chi connectivity index (χ0n) is 17.9. The van der Waals surface area contributed by atoms with E-state index in [1.165, 1.54) is 0 Å². The Labute approximate surface area is 184 Å². The summed E-state index contributed by atoms with van der Waals surface area (Å²) in [5, 5.41) is 7.60. The fourth-order valence-electron chi connectivity index (χ4n) is 3.38. The number of benzene rings is 1. The van der Waals surface area contributed by atoms with Crippen LogP contribution in [-0.2, 0) is 6.54 Å². The molecule has 0 bridgehead atoms. The summed E-state index contributed by atoms with van der Waals surface area (Å²) in [6.07, 6.45) is 2.78. The molecule has 1 aliphatic rings. The lowest BCUT2D eigenvalue weighted by molar-refractivity contribution is 0.259. The van der Waals surface area contributed by atoms with Crippen LogP contribution < -0.4 is 20.3 Å². The predicted molar refractivity (Wildman–Crippen MR) is 124 cm³/mol. The van der Waals surface area contributed by atoms with Gasteiger partial charge in [0, 0.05) is 51.0 Å². The van der Waals surface area contributed by atoms with Crippen molar-refractivity contribution >= 4 is 23.4 Å². The lowest BCUT2D eigenvalue weighted by Crippen LogP contribution is -2.44. The van der Waals surface area contributed by atoms with E-state index in [-0.39, 0.29) is 6.04 Å². The number of aromatic nitrogens is 1. The minimum absolute atomic E-state index is 0.279. The van der Waals surface area contributed by atoms with Crippen LogP contribution in [0.25, 0.3) is 0 Å². The maximum absolute atomic E-state index is 6.30. The molecule has 1 saturated heterocycles. The van der Waals surface area contributed by atoms with Crippen LogP contribution in [0.2, 0.25) is 5.02 Å². The SMILES string of the molecule is CN=C(NCc1ccccc1OCCN(C)C)NC1CCN(c2ncccc2Cl)C1. The van der Waals surface area contributed by atoms with Crippen LogP contribution in [0.5, 0.6) is 5.75 Å². The molecule has 3 rings (SSSR count). The summed E-state index contributed by atoms with van der Waals surface area (Å²) < 4.78 is 5.95. The standard InChI is InChI=1S/C22H31ClN6O/c1-24-22(26-15-17-7-4-5-9-20(17)30-14-13-28(2)3)27-18-10-12-29(16-18)21-19(23)8-6-11-25-21/h4-9,11,18H,10,12-16H2,1-3H3,(H2,24,26,27). The van der Waals surface area contributed by atoms with Crippen LogP contribution in [-0.4, -0.2) is 69.3 Å². The molecular weight excluding hydrogens is 400 g/mol. The Morgan fingerprint density at radius 3 is 2.90 bits per heavy atom. The van der Waals surface area contributed by atoms with Crippen LogP contribution in [0.3, 0.4) is 0 Å². The summed E-state index contributed by atoms with van der Waals surface area (Å²) in [6.45, 7) is 3.92. The van der Waals surface area contributed by atoms with E-state index in [2.05, 4.69) is 36.5 Å². The third-order valence-electron chi connectivity index (χ3n) is 5.01. The Hall–Kier alpha value is -2.51. The number of nitrogens with one attached hydrogen (secondary N) is 2. The first-order valence-electron chi connectivity index (χ1n) is 10.2. The fourth-order valence-corrected chi connectivity index (χ4v) is 3.62. The van der Waals surface area contributed by atoms with Crippen LogP contribution >= 0.6 is 11.6 Å². The van der Waals surface area contributed by atoms with Gasteiger partial charge in [-0.25, -0.2) is 4.98 Å². The molecular formula is C22H31ClN6O. The highest BCUT2D eigenvalue weighted by Gasteiger charge is 2.25. The van der Waals surface area contributed by atoms with E-state index < -0.39 is 0 Å². The van der Waals surface area contributed by atoms with Crippen molar-refractivity contribution in [2.45, 2.75) is 19.0 Å². The van der Waals surface area contributed by atoms with Gasteiger partial charge in [0.15, 0.2) is 5.96 Å². The largest absolute Gasteiger partial charge is 0.492 e. The third kappa shape index (κ3) is 6.24. The lowest BCUT2D eigenvalue weighted by Gasteiger charge is -2.20. The molecule has 0 spiro atoms. The van der Waals surface area contributed by atoms with Crippen LogP contribution in [0.1, 0.15) is 12.0 Å². The minimum atomic E-state index is 0.279. The normalized spacial score (nSPS) is 16.8. The molecule has 0 aliphatic carbocycles. The van der Waals surface area contributed by atoms with Crippen molar-refractivity contribution in [1.29, 1.82) is 0 Å². The third-order valence-corrected chi connectivity index (χ3v) is 5.30. The van der Waals surface area contributed by atoms with Gasteiger partial charge in [0.1, 0.15) is 18.2 Å². The van der Waals surface area contributed by atoms with Gasteiger partial charge >= 0.3 is 0 Å². The van der Waals surface area contributed by atoms with Gasteiger partial charge < -0.3 is 25.2 Å². The maximum Gasteiger partial charge on any atom is 0.191 e. The van der Waals surface area contributed by atoms with Crippen molar-refractivity contribution < 1.29 is 4.74 Å². The van der Waals surface area contributed by atoms with E-state index in [1.807, 2.05) is 44.4 Å². The Kier molecular flexibility index (Phi) is 8.16. The van der Waals surface area contributed by atoms with Gasteiger partial charge in [-0.15, -0.1) is 0 Å². The molecule has 1 atom stereocenters. The average molecular weight is 431 g/mol. The zero-order chi connectivity index (χ0) is 21.3. The molecule has 1 aromatic heterocycles. The number of rotatable bonds is 8. The summed E-state index contributed by atoms with van der Waals surface area (Å²) in [5.41, 5.74) is 1.10. The molecule has 0 saturated carbocycles. The maximum atomic E-state index is 6.30. The smallest absolute Gasteiger partial charge is 0.191 e. The van der Waals surface area contributed by atoms with E-state index in [9.17, 15) is 0 Å². The number of pyridine rings is 1. The number of guanidine groups is 1. The number of likely N-dealkylation sites (N-methyl/N-ethyl adjacent to an activating group) is 1. The van der Waals surface area contributed by atoms with Crippen molar-refractivity contribution in [2.24, 2.45) is 4.99 Å². The van der Waals surface area contributed by atoms with Crippen LogP contribution in [0.15, 0.2) is 47.6 Å². The quantitative estimate of drug-likeness (QED) is 0.495. The van der Waals surface area contributed by atoms with Crippen LogP contribution in [0, 0.1) is 0 Å². The van der Waals surface area contributed by atoms with Gasteiger partial charge in [-0.3, -0.25) is 4.99 Å². The van der Waals surface area contributed by atoms with E-state index >= 15 is 0 Å². The Bertz CT molecular complexity index is 844. The van der Waals surface area contributed by atoms with Crippen molar-refractivity contribution in [2.75, 3.05) is 52.3 Å². The van der Waals surface area contributed by atoms with Gasteiger partial charge in [0.2, 0.25) is 0 Å². The molecule has 7 nitrogen and oxygen atoms in total. The predicted octanol–water partition coefficient (Wildman–Crippen LogP) is 2.62. The second kappa shape index (κ2) is 11.0. The summed E-state index contributed by atoms with van der Waals surface area (Å²) in [4.78, 5) is 13.1. The number of halogens is 1. The van der Waals surface area contributed by atoms with Crippen molar-refractivity contribution in [3.8, 4) is 5.75 Å². The van der Waals surface area contributed by atoms with Gasteiger partial charge in [-0.05, 0) is 38.7 Å². The van der Waals surface area contributed by atoms with Crippen molar-refractivity contribution in [1.82, 2.24) is 20.5 Å². The topological polar surface area (TPSA) is 65.0 Å². The number of para-hydroxylation sites is 1. The number of hydrogen-bond acceptors (Lipinski definition) is 5. The summed E-state index contributed by atoms with van der Waals surface area (Å²) >= 11 is 6.30. The Morgan fingerprint density at radius 1 is 1.30 bits per heavy atom. The summed E-state index contributed by atoms with van der Waals surface area (Å²) in [7, 11) is 5.87. The number of anilines is 1. The second-order valence-corrected chi connectivity index (χ2v) is 7.98. The molecule has 2 N–H and O–H groups in total. The van der Waals surface area contributed by atoms with Crippen LogP contribution in [0.4, 0.5) is 5.82 Å². The van der Waals surface area contributed by atoms with Crippen molar-refractivity contribution in [3.63, 3.8) is 0 Å². The monoisotopic (exact) mass is 430 g/mol. The number of hydrogen-bond donors (Lipinski definition) is 2. The first-order chi connectivity index (χ1) is 14.6. The Morgan fingerprint density at radius 2 is 2.13 bits per heavy atom. The molecule has 1 unspecified atom stereocenters. The summed E-state index contributed by atoms with van der Waals surface area (Å²) in [6, 6.07) is 12.1. The molecule has 2 heterocycles. The molecule has 8 heteroatoms. The first-order valence-corrected chi connectivity index (χ1v) is 10.6. The summed E-state index contributed by atoms with van der Waals surface area (Å²) in [5.74, 6) is 2.52. The van der Waals surface area contributed by atoms with E-state index in [1.54, 1.807) is 13.2 Å². The fraction of sp³-hybridized carbons (Fsp3) is 0.455. The molecule has 1 aliphatic heterocycles. The zero-order valence-corrected chi connectivity index (χ0v) is 18.7. The number of ether oxygens (including phenoxy) is 1. The van der Waals surface area contributed by atoms with E-state index in [0.717, 1.165) is 49.1 Å². The van der Waals surface area contributed by atoms with Gasteiger partial charge in [0.25, 0.3) is 0 Å². The molecule has 2 aromatic rings. The molecule has 0 radical (unpaired) electrons. The highest BCUT2D eigenvalue weighted by molar-refractivity contribution is 6.32. The average Bonchev–Trinajstić information content (AvgIpc) is 3.20.